The maximum Gasteiger partial charge on any atom is 0.226 e. The highest BCUT2D eigenvalue weighted by Crippen LogP contribution is 2.14. The molecule has 0 saturated heterocycles. The predicted molar refractivity (Wildman–Crippen MR) is 97.1 cm³/mol. The molecule has 24 heavy (non-hydrogen) atoms. The number of nitrogens with one attached hydrogen (secondary N) is 2. The number of halogens is 1. The molecule has 5 nitrogen and oxygen atoms in total. The Hall–Kier alpha value is -2.34. The van der Waals surface area contributed by atoms with E-state index in [1.54, 1.807) is 7.11 Å². The molecule has 0 saturated carbocycles. The van der Waals surface area contributed by atoms with E-state index < -0.39 is 0 Å². The number of hydrogen-bond donors (Lipinski definition) is 2. The Kier molecular flexibility index (Phi) is 6.81. The zero-order valence-corrected chi connectivity index (χ0v) is 14.9. The van der Waals surface area contributed by atoms with Crippen LogP contribution in [0.5, 0.6) is 5.75 Å². The molecule has 0 atom stereocenters. The van der Waals surface area contributed by atoms with Crippen LogP contribution in [-0.2, 0) is 16.0 Å². The molecular weight excluding hydrogens is 372 g/mol. The molecule has 6 heteroatoms. The molecule has 0 bridgehead atoms. The zero-order valence-electron chi connectivity index (χ0n) is 13.3. The summed E-state index contributed by atoms with van der Waals surface area (Å²) in [5.74, 6) is 0.502. The molecule has 126 valence electrons. The van der Waals surface area contributed by atoms with Crippen molar-refractivity contribution >= 4 is 33.4 Å². The van der Waals surface area contributed by atoms with E-state index in [9.17, 15) is 9.59 Å². The van der Waals surface area contributed by atoms with E-state index in [4.69, 9.17) is 4.74 Å². The van der Waals surface area contributed by atoms with E-state index >= 15 is 0 Å². The maximum atomic E-state index is 11.9. The summed E-state index contributed by atoms with van der Waals surface area (Å²) in [5, 5.41) is 5.53. The van der Waals surface area contributed by atoms with Gasteiger partial charge >= 0.3 is 0 Å². The van der Waals surface area contributed by atoms with Crippen molar-refractivity contribution in [3.63, 3.8) is 0 Å². The Balaban J connectivity index is 1.69. The van der Waals surface area contributed by atoms with E-state index in [0.717, 1.165) is 21.5 Å². The lowest BCUT2D eigenvalue weighted by Crippen LogP contribution is -2.28. The normalized spacial score (nSPS) is 10.1. The first kappa shape index (κ1) is 18.0. The van der Waals surface area contributed by atoms with E-state index in [0.29, 0.717) is 6.54 Å². The van der Waals surface area contributed by atoms with Crippen LogP contribution in [0.25, 0.3) is 0 Å². The standard InChI is InChI=1S/C18H19BrN2O3/c1-24-16-8-2-13(3-9-16)12-18(23)20-11-10-17(22)21-15-6-4-14(19)5-7-15/h2-9H,10-12H2,1H3,(H,20,23)(H,21,22). The van der Waals surface area contributed by atoms with Crippen LogP contribution in [0.15, 0.2) is 53.0 Å². The summed E-state index contributed by atoms with van der Waals surface area (Å²) in [6.07, 6.45) is 0.503. The Morgan fingerprint density at radius 1 is 1.00 bits per heavy atom. The fraction of sp³-hybridized carbons (Fsp3) is 0.222. The smallest absolute Gasteiger partial charge is 0.226 e. The van der Waals surface area contributed by atoms with Gasteiger partial charge in [-0.3, -0.25) is 9.59 Å². The maximum absolute atomic E-state index is 11.9. The number of hydrogen-bond acceptors (Lipinski definition) is 3. The van der Waals surface area contributed by atoms with Crippen molar-refractivity contribution in [2.45, 2.75) is 12.8 Å². The summed E-state index contributed by atoms with van der Waals surface area (Å²) in [4.78, 5) is 23.7. The van der Waals surface area contributed by atoms with Crippen LogP contribution < -0.4 is 15.4 Å². The lowest BCUT2D eigenvalue weighted by atomic mass is 10.1. The molecule has 2 aromatic rings. The van der Waals surface area contributed by atoms with Crippen LogP contribution >= 0.6 is 15.9 Å². The minimum absolute atomic E-state index is 0.114. The molecule has 2 amide bonds. The highest BCUT2D eigenvalue weighted by Gasteiger charge is 2.06. The van der Waals surface area contributed by atoms with Crippen molar-refractivity contribution in [3.05, 3.63) is 58.6 Å². The van der Waals surface area contributed by atoms with E-state index in [1.165, 1.54) is 0 Å². The molecule has 0 spiro atoms. The SMILES string of the molecule is COc1ccc(CC(=O)NCCC(=O)Nc2ccc(Br)cc2)cc1. The molecule has 0 radical (unpaired) electrons. The molecule has 0 fully saturated rings. The molecule has 2 rings (SSSR count). The fourth-order valence-electron chi connectivity index (χ4n) is 2.06. The second-order valence-electron chi connectivity index (χ2n) is 5.18. The predicted octanol–water partition coefficient (Wildman–Crippen LogP) is 3.15. The molecular formula is C18H19BrN2O3. The molecule has 0 aliphatic carbocycles. The average molecular weight is 391 g/mol. The molecule has 0 heterocycles. The average Bonchev–Trinajstić information content (AvgIpc) is 2.57. The van der Waals surface area contributed by atoms with E-state index in [-0.39, 0.29) is 24.7 Å². The van der Waals surface area contributed by atoms with Gasteiger partial charge in [-0.1, -0.05) is 28.1 Å². The second kappa shape index (κ2) is 9.08. The van der Waals surface area contributed by atoms with Gasteiger partial charge in [0.15, 0.2) is 0 Å². The molecule has 0 aliphatic heterocycles. The van der Waals surface area contributed by atoms with Gasteiger partial charge in [0.1, 0.15) is 5.75 Å². The summed E-state index contributed by atoms with van der Waals surface area (Å²) >= 11 is 3.34. The van der Waals surface area contributed by atoms with E-state index in [2.05, 4.69) is 26.6 Å². The summed E-state index contributed by atoms with van der Waals surface area (Å²) in [6, 6.07) is 14.6. The number of methoxy groups -OCH3 is 1. The number of carbonyl (C=O) groups is 2. The molecule has 0 aromatic heterocycles. The topological polar surface area (TPSA) is 67.4 Å². The summed E-state index contributed by atoms with van der Waals surface area (Å²) in [7, 11) is 1.60. The van der Waals surface area contributed by atoms with Gasteiger partial charge in [-0.05, 0) is 42.0 Å². The highest BCUT2D eigenvalue weighted by molar-refractivity contribution is 9.10. The van der Waals surface area contributed by atoms with Crippen molar-refractivity contribution in [2.75, 3.05) is 19.0 Å². The quantitative estimate of drug-likeness (QED) is 0.762. The van der Waals surface area contributed by atoms with Crippen LogP contribution in [0.4, 0.5) is 5.69 Å². The van der Waals surface area contributed by atoms with Gasteiger partial charge in [-0.15, -0.1) is 0 Å². The summed E-state index contributed by atoms with van der Waals surface area (Å²) in [6.45, 7) is 0.303. The second-order valence-corrected chi connectivity index (χ2v) is 6.10. The van der Waals surface area contributed by atoms with Gasteiger partial charge in [0.25, 0.3) is 0 Å². The van der Waals surface area contributed by atoms with Crippen LogP contribution in [-0.4, -0.2) is 25.5 Å². The third kappa shape index (κ3) is 6.04. The molecule has 2 aromatic carbocycles. The largest absolute Gasteiger partial charge is 0.497 e. The van der Waals surface area contributed by atoms with Gasteiger partial charge in [-0.25, -0.2) is 0 Å². The lowest BCUT2D eigenvalue weighted by Gasteiger charge is -2.07. The molecule has 2 N–H and O–H groups in total. The van der Waals surface area contributed by atoms with Gasteiger partial charge in [0.05, 0.1) is 13.5 Å². The minimum atomic E-state index is -0.137. The number of anilines is 1. The van der Waals surface area contributed by atoms with Crippen LogP contribution in [0.3, 0.4) is 0 Å². The third-order valence-electron chi connectivity index (χ3n) is 3.33. The number of benzene rings is 2. The van der Waals surface area contributed by atoms with Gasteiger partial charge in [0.2, 0.25) is 11.8 Å². The highest BCUT2D eigenvalue weighted by atomic mass is 79.9. The van der Waals surface area contributed by atoms with Crippen molar-refractivity contribution in [1.82, 2.24) is 5.32 Å². The number of rotatable bonds is 7. The van der Waals surface area contributed by atoms with Crippen LogP contribution in [0.1, 0.15) is 12.0 Å². The zero-order chi connectivity index (χ0) is 17.4. The first-order valence-electron chi connectivity index (χ1n) is 7.52. The van der Waals surface area contributed by atoms with Gasteiger partial charge in [-0.2, -0.15) is 0 Å². The summed E-state index contributed by atoms with van der Waals surface area (Å²) < 4.78 is 6.02. The monoisotopic (exact) mass is 390 g/mol. The van der Waals surface area contributed by atoms with Crippen molar-refractivity contribution < 1.29 is 14.3 Å². The summed E-state index contributed by atoms with van der Waals surface area (Å²) in [5.41, 5.74) is 1.63. The minimum Gasteiger partial charge on any atom is -0.497 e. The van der Waals surface area contributed by atoms with E-state index in [1.807, 2.05) is 48.5 Å². The van der Waals surface area contributed by atoms with Crippen molar-refractivity contribution in [2.24, 2.45) is 0 Å². The Morgan fingerprint density at radius 2 is 1.67 bits per heavy atom. The van der Waals surface area contributed by atoms with Crippen LogP contribution in [0, 0.1) is 0 Å². The molecule has 0 unspecified atom stereocenters. The Labute approximate surface area is 149 Å². The number of ether oxygens (including phenoxy) is 1. The Morgan fingerprint density at radius 3 is 2.29 bits per heavy atom. The fourth-order valence-corrected chi connectivity index (χ4v) is 2.33. The Bertz CT molecular complexity index is 684. The van der Waals surface area contributed by atoms with Crippen molar-refractivity contribution in [3.8, 4) is 5.75 Å². The first-order valence-corrected chi connectivity index (χ1v) is 8.31. The van der Waals surface area contributed by atoms with Crippen LogP contribution in [0.2, 0.25) is 0 Å². The third-order valence-corrected chi connectivity index (χ3v) is 3.85. The number of amides is 2. The molecule has 0 aliphatic rings. The first-order chi connectivity index (χ1) is 11.6. The lowest BCUT2D eigenvalue weighted by molar-refractivity contribution is -0.120. The van der Waals surface area contributed by atoms with Gasteiger partial charge < -0.3 is 15.4 Å². The van der Waals surface area contributed by atoms with Gasteiger partial charge in [0, 0.05) is 23.1 Å². The number of carbonyl (C=O) groups excluding carboxylic acids is 2. The van der Waals surface area contributed by atoms with Crippen molar-refractivity contribution in [1.29, 1.82) is 0 Å².